The van der Waals surface area contributed by atoms with Crippen molar-refractivity contribution in [2.24, 2.45) is 0 Å². The molecule has 0 spiro atoms. The highest BCUT2D eigenvalue weighted by atomic mass is 32.2. The first kappa shape index (κ1) is 22.0. The summed E-state index contributed by atoms with van der Waals surface area (Å²) in [7, 11) is 0. The first-order chi connectivity index (χ1) is 16.3. The van der Waals surface area contributed by atoms with E-state index in [9.17, 15) is 18.0 Å². The average Bonchev–Trinajstić information content (AvgIpc) is 3.47. The molecule has 1 aliphatic heterocycles. The molecule has 5 rings (SSSR count). The van der Waals surface area contributed by atoms with Crippen molar-refractivity contribution >= 4 is 22.7 Å². The lowest BCUT2D eigenvalue weighted by atomic mass is 10.1. The van der Waals surface area contributed by atoms with Crippen LogP contribution in [-0.2, 0) is 18.5 Å². The quantitative estimate of drug-likeness (QED) is 0.220. The molecule has 4 aromatic rings. The third-order valence-electron chi connectivity index (χ3n) is 4.97. The Morgan fingerprint density at radius 3 is 2.71 bits per heavy atom. The van der Waals surface area contributed by atoms with Gasteiger partial charge in [-0.05, 0) is 18.2 Å². The molecule has 8 nitrogen and oxygen atoms in total. The summed E-state index contributed by atoms with van der Waals surface area (Å²) < 4.78 is 56.3. The highest BCUT2D eigenvalue weighted by molar-refractivity contribution is 7.98. The molecule has 1 aliphatic rings. The summed E-state index contributed by atoms with van der Waals surface area (Å²) in [5.74, 6) is 1.32. The van der Waals surface area contributed by atoms with Crippen LogP contribution in [0.5, 0.6) is 11.5 Å². The van der Waals surface area contributed by atoms with E-state index in [2.05, 4.69) is 21.7 Å². The van der Waals surface area contributed by atoms with E-state index in [1.54, 1.807) is 18.2 Å². The number of benzene rings is 2. The van der Waals surface area contributed by atoms with Crippen molar-refractivity contribution < 1.29 is 27.2 Å². The van der Waals surface area contributed by atoms with Crippen molar-refractivity contribution in [2.45, 2.75) is 23.6 Å². The first-order valence-electron chi connectivity index (χ1n) is 9.91. The van der Waals surface area contributed by atoms with E-state index in [1.807, 2.05) is 0 Å². The minimum absolute atomic E-state index is 0.0318. The van der Waals surface area contributed by atoms with Gasteiger partial charge in [0.25, 0.3) is 5.56 Å². The fourth-order valence-electron chi connectivity index (χ4n) is 3.38. The average molecular weight is 488 g/mol. The lowest BCUT2D eigenvalue weighted by Gasteiger charge is -2.11. The van der Waals surface area contributed by atoms with Crippen LogP contribution in [0.25, 0.3) is 22.3 Å². The zero-order chi connectivity index (χ0) is 23.9. The molecule has 0 N–H and O–H groups in total. The van der Waals surface area contributed by atoms with Crippen molar-refractivity contribution in [3.63, 3.8) is 0 Å². The summed E-state index contributed by atoms with van der Waals surface area (Å²) in [6.07, 6.45) is -2.91. The minimum atomic E-state index is -4.48. The maximum atomic E-state index is 13.1. The van der Waals surface area contributed by atoms with Gasteiger partial charge in [0.15, 0.2) is 16.7 Å². The Morgan fingerprint density at radius 1 is 1.15 bits per heavy atom. The molecule has 0 atom stereocenters. The van der Waals surface area contributed by atoms with Gasteiger partial charge in [0.1, 0.15) is 0 Å². The molecule has 0 unspecified atom stereocenters. The highest BCUT2D eigenvalue weighted by Gasteiger charge is 2.30. The summed E-state index contributed by atoms with van der Waals surface area (Å²) in [5.41, 5.74) is -0.466. The predicted molar refractivity (Wildman–Crippen MR) is 117 cm³/mol. The third kappa shape index (κ3) is 4.12. The van der Waals surface area contributed by atoms with Gasteiger partial charge in [-0.1, -0.05) is 35.1 Å². The number of hydrogen-bond acceptors (Lipinski definition) is 8. The van der Waals surface area contributed by atoms with Crippen LogP contribution in [-0.4, -0.2) is 26.5 Å². The molecule has 34 heavy (non-hydrogen) atoms. The Bertz CT molecular complexity index is 1470. The number of thioether (sulfide) groups is 1. The van der Waals surface area contributed by atoms with Gasteiger partial charge >= 0.3 is 6.18 Å². The van der Waals surface area contributed by atoms with E-state index in [0.717, 1.165) is 12.1 Å². The van der Waals surface area contributed by atoms with Gasteiger partial charge in [0.2, 0.25) is 18.5 Å². The molecule has 2 aromatic heterocycles. The standard InChI is InChI=1S/C22H15F3N4O4S/c1-2-6-29-20(30)14-8-16-17(32-11-31-16)9-15(14)26-21(29)34-10-18-27-19(28-33-18)12-4-3-5-13(7-12)22(23,24)25/h2-5,7-9H,1,6,10-11H2. The van der Waals surface area contributed by atoms with Crippen LogP contribution in [0.3, 0.4) is 0 Å². The van der Waals surface area contributed by atoms with Crippen molar-refractivity contribution in [1.82, 2.24) is 19.7 Å². The summed E-state index contributed by atoms with van der Waals surface area (Å²) in [6.45, 7) is 3.98. The number of halogens is 3. The van der Waals surface area contributed by atoms with Crippen LogP contribution < -0.4 is 15.0 Å². The monoisotopic (exact) mass is 488 g/mol. The molecule has 0 aliphatic carbocycles. The van der Waals surface area contributed by atoms with Crippen molar-refractivity contribution in [1.29, 1.82) is 0 Å². The number of allylic oxidation sites excluding steroid dienone is 1. The van der Waals surface area contributed by atoms with Crippen LogP contribution in [0.4, 0.5) is 13.2 Å². The number of nitrogens with zero attached hydrogens (tertiary/aromatic N) is 4. The Morgan fingerprint density at radius 2 is 1.94 bits per heavy atom. The van der Waals surface area contributed by atoms with E-state index < -0.39 is 11.7 Å². The molecule has 12 heteroatoms. The predicted octanol–water partition coefficient (Wildman–Crippen LogP) is 4.67. The number of hydrogen-bond donors (Lipinski definition) is 0. The van der Waals surface area contributed by atoms with Crippen molar-refractivity contribution in [3.05, 3.63) is 70.9 Å². The zero-order valence-corrected chi connectivity index (χ0v) is 18.2. The molecule has 3 heterocycles. The summed E-state index contributed by atoms with van der Waals surface area (Å²) >= 11 is 1.17. The summed E-state index contributed by atoms with van der Waals surface area (Å²) in [5, 5.41) is 4.54. The van der Waals surface area contributed by atoms with Gasteiger partial charge in [-0.2, -0.15) is 18.2 Å². The SMILES string of the molecule is C=CCn1c(SCc2nc(-c3cccc(C(F)(F)F)c3)no2)nc2cc3c(cc2c1=O)OCO3. The molecular weight excluding hydrogens is 473 g/mol. The number of ether oxygens (including phenoxy) is 2. The fraction of sp³-hybridized carbons (Fsp3) is 0.182. The molecule has 0 amide bonds. The lowest BCUT2D eigenvalue weighted by molar-refractivity contribution is -0.137. The Balaban J connectivity index is 1.43. The Labute approximate surface area is 194 Å². The van der Waals surface area contributed by atoms with Crippen LogP contribution in [0, 0.1) is 0 Å². The van der Waals surface area contributed by atoms with E-state index in [-0.39, 0.29) is 41.9 Å². The van der Waals surface area contributed by atoms with Crippen molar-refractivity contribution in [2.75, 3.05) is 6.79 Å². The van der Waals surface area contributed by atoms with E-state index >= 15 is 0 Å². The molecule has 174 valence electrons. The lowest BCUT2D eigenvalue weighted by Crippen LogP contribution is -2.22. The van der Waals surface area contributed by atoms with Crippen LogP contribution in [0.1, 0.15) is 11.5 Å². The molecule has 2 aromatic carbocycles. The third-order valence-corrected chi connectivity index (χ3v) is 5.93. The summed E-state index contributed by atoms with van der Waals surface area (Å²) in [6, 6.07) is 7.91. The first-order valence-corrected chi connectivity index (χ1v) is 10.9. The molecule has 0 fully saturated rings. The van der Waals surface area contributed by atoms with E-state index in [1.165, 1.54) is 28.5 Å². The van der Waals surface area contributed by atoms with Crippen LogP contribution >= 0.6 is 11.8 Å². The van der Waals surface area contributed by atoms with Gasteiger partial charge in [-0.15, -0.1) is 6.58 Å². The maximum absolute atomic E-state index is 13.1. The van der Waals surface area contributed by atoms with E-state index in [0.29, 0.717) is 27.6 Å². The largest absolute Gasteiger partial charge is 0.454 e. The second kappa shape index (κ2) is 8.52. The van der Waals surface area contributed by atoms with Gasteiger partial charge in [-0.3, -0.25) is 9.36 Å². The molecule has 0 bridgehead atoms. The van der Waals surface area contributed by atoms with Gasteiger partial charge < -0.3 is 14.0 Å². The van der Waals surface area contributed by atoms with Gasteiger partial charge in [0, 0.05) is 18.2 Å². The Kier molecular flexibility index (Phi) is 5.52. The topological polar surface area (TPSA) is 92.3 Å². The minimum Gasteiger partial charge on any atom is -0.454 e. The number of aromatic nitrogens is 4. The molecular formula is C22H15F3N4O4S. The van der Waals surface area contributed by atoms with Crippen LogP contribution in [0.2, 0.25) is 0 Å². The number of fused-ring (bicyclic) bond motifs is 2. The molecule has 0 saturated carbocycles. The molecule has 0 radical (unpaired) electrons. The van der Waals surface area contributed by atoms with Crippen molar-refractivity contribution in [3.8, 4) is 22.9 Å². The normalized spacial score (nSPS) is 12.9. The number of rotatable bonds is 6. The number of alkyl halides is 3. The second-order valence-corrected chi connectivity index (χ2v) is 8.14. The Hall–Kier alpha value is -3.80. The summed E-state index contributed by atoms with van der Waals surface area (Å²) in [4.78, 5) is 21.8. The molecule has 0 saturated heterocycles. The van der Waals surface area contributed by atoms with Crippen LogP contribution in [0.15, 0.2) is 63.5 Å². The zero-order valence-electron chi connectivity index (χ0n) is 17.3. The maximum Gasteiger partial charge on any atom is 0.416 e. The fourth-order valence-corrected chi connectivity index (χ4v) is 4.23. The smallest absolute Gasteiger partial charge is 0.416 e. The van der Waals surface area contributed by atoms with E-state index in [4.69, 9.17) is 14.0 Å². The highest BCUT2D eigenvalue weighted by Crippen LogP contribution is 2.35. The van der Waals surface area contributed by atoms with Gasteiger partial charge in [0.05, 0.1) is 22.2 Å². The second-order valence-electron chi connectivity index (χ2n) is 7.20. The van der Waals surface area contributed by atoms with Gasteiger partial charge in [-0.25, -0.2) is 4.98 Å².